The molecule has 0 amide bonds. The summed E-state index contributed by atoms with van der Waals surface area (Å²) in [5.74, 6) is 3.21. The van der Waals surface area contributed by atoms with Crippen LogP contribution in [0.15, 0.2) is 64.3 Å². The van der Waals surface area contributed by atoms with Crippen LogP contribution in [0.1, 0.15) is 31.1 Å². The predicted octanol–water partition coefficient (Wildman–Crippen LogP) is 5.12. The van der Waals surface area contributed by atoms with E-state index in [9.17, 15) is 0 Å². The Bertz CT molecular complexity index is 1070. The second kappa shape index (κ2) is 8.61. The number of rotatable bonds is 7. The molecule has 6 nitrogen and oxygen atoms in total. The Morgan fingerprint density at radius 1 is 1.00 bits per heavy atom. The molecule has 0 saturated carbocycles. The van der Waals surface area contributed by atoms with Crippen LogP contribution in [0.5, 0.6) is 0 Å². The molecule has 4 rings (SSSR count). The summed E-state index contributed by atoms with van der Waals surface area (Å²) in [6.07, 6.45) is 0.787. The van der Waals surface area contributed by atoms with Gasteiger partial charge in [0.15, 0.2) is 16.8 Å². The highest BCUT2D eigenvalue weighted by Crippen LogP contribution is 2.29. The molecule has 0 aliphatic rings. The van der Waals surface area contributed by atoms with E-state index in [0.29, 0.717) is 23.4 Å². The fourth-order valence-corrected chi connectivity index (χ4v) is 3.77. The molecule has 0 aliphatic carbocycles. The van der Waals surface area contributed by atoms with Crippen molar-refractivity contribution >= 4 is 11.8 Å². The van der Waals surface area contributed by atoms with Gasteiger partial charge in [-0.05, 0) is 25.0 Å². The Morgan fingerprint density at radius 3 is 2.48 bits per heavy atom. The van der Waals surface area contributed by atoms with Gasteiger partial charge in [0.25, 0.3) is 0 Å². The summed E-state index contributed by atoms with van der Waals surface area (Å²) >= 11 is 1.55. The second-order valence-electron chi connectivity index (χ2n) is 7.33. The first-order valence-corrected chi connectivity index (χ1v) is 10.6. The molecule has 148 valence electrons. The lowest BCUT2D eigenvalue weighted by Gasteiger charge is -2.10. The lowest BCUT2D eigenvalue weighted by Crippen LogP contribution is -2.00. The van der Waals surface area contributed by atoms with Crippen LogP contribution in [0, 0.1) is 12.8 Å². The van der Waals surface area contributed by atoms with Gasteiger partial charge in [0.1, 0.15) is 0 Å². The zero-order valence-corrected chi connectivity index (χ0v) is 17.6. The average Bonchev–Trinajstić information content (AvgIpc) is 3.34. The van der Waals surface area contributed by atoms with Gasteiger partial charge >= 0.3 is 0 Å². The van der Waals surface area contributed by atoms with E-state index in [-0.39, 0.29) is 0 Å². The minimum absolute atomic E-state index is 0.481. The molecule has 2 aromatic carbocycles. The summed E-state index contributed by atoms with van der Waals surface area (Å²) in [4.78, 5) is 4.49. The largest absolute Gasteiger partial charge is 0.339 e. The number of aryl methyl sites for hydroxylation is 1. The van der Waals surface area contributed by atoms with Gasteiger partial charge in [0.2, 0.25) is 5.89 Å². The second-order valence-corrected chi connectivity index (χ2v) is 8.28. The first-order valence-electron chi connectivity index (χ1n) is 9.62. The zero-order chi connectivity index (χ0) is 20.2. The maximum Gasteiger partial charge on any atom is 0.226 e. The molecule has 0 atom stereocenters. The normalized spacial score (nSPS) is 11.3. The van der Waals surface area contributed by atoms with E-state index in [2.05, 4.69) is 69.9 Å². The van der Waals surface area contributed by atoms with Gasteiger partial charge < -0.3 is 4.52 Å². The van der Waals surface area contributed by atoms with Gasteiger partial charge in [-0.15, -0.1) is 10.2 Å². The van der Waals surface area contributed by atoms with Crippen LogP contribution in [0.3, 0.4) is 0 Å². The van der Waals surface area contributed by atoms with Gasteiger partial charge in [-0.1, -0.05) is 78.8 Å². The maximum atomic E-state index is 5.35. The first-order chi connectivity index (χ1) is 14.1. The average molecular weight is 406 g/mol. The fourth-order valence-electron chi connectivity index (χ4n) is 2.97. The van der Waals surface area contributed by atoms with Crippen LogP contribution in [-0.2, 0) is 12.2 Å². The molecule has 0 fully saturated rings. The molecule has 4 aromatic rings. The van der Waals surface area contributed by atoms with Crippen LogP contribution < -0.4 is 0 Å². The standard InChI is InChI=1S/C22H23N5OS/c1-15(2)13-20-23-19(26-28-20)14-29-22-25-24-21(17-7-5-4-6-8-17)27(22)18-11-9-16(3)10-12-18/h4-12,15H,13-14H2,1-3H3. The van der Waals surface area contributed by atoms with E-state index < -0.39 is 0 Å². The highest BCUT2D eigenvalue weighted by molar-refractivity contribution is 7.98. The summed E-state index contributed by atoms with van der Waals surface area (Å²) in [6.45, 7) is 6.34. The van der Waals surface area contributed by atoms with Crippen molar-refractivity contribution in [2.75, 3.05) is 0 Å². The molecule has 29 heavy (non-hydrogen) atoms. The number of hydrogen-bond acceptors (Lipinski definition) is 6. The molecule has 0 bridgehead atoms. The summed E-state index contributed by atoms with van der Waals surface area (Å²) in [6, 6.07) is 18.5. The van der Waals surface area contributed by atoms with Gasteiger partial charge in [0, 0.05) is 17.7 Å². The molecule has 0 N–H and O–H groups in total. The maximum absolute atomic E-state index is 5.35. The number of nitrogens with zero attached hydrogens (tertiary/aromatic N) is 5. The van der Waals surface area contributed by atoms with Crippen LogP contribution in [0.25, 0.3) is 17.1 Å². The molecule has 0 spiro atoms. The van der Waals surface area contributed by atoms with Crippen LogP contribution in [-0.4, -0.2) is 24.9 Å². The van der Waals surface area contributed by atoms with E-state index in [1.165, 1.54) is 5.56 Å². The van der Waals surface area contributed by atoms with Crippen LogP contribution in [0.2, 0.25) is 0 Å². The minimum Gasteiger partial charge on any atom is -0.339 e. The summed E-state index contributed by atoms with van der Waals surface area (Å²) in [5.41, 5.74) is 3.25. The van der Waals surface area contributed by atoms with Crippen molar-refractivity contribution in [3.8, 4) is 17.1 Å². The molecule has 0 unspecified atom stereocenters. The Morgan fingerprint density at radius 2 is 1.76 bits per heavy atom. The fraction of sp³-hybridized carbons (Fsp3) is 0.273. The third-order valence-electron chi connectivity index (χ3n) is 4.38. The molecule has 7 heteroatoms. The summed E-state index contributed by atoms with van der Waals surface area (Å²) < 4.78 is 7.43. The van der Waals surface area contributed by atoms with Gasteiger partial charge in [-0.2, -0.15) is 4.98 Å². The Balaban J connectivity index is 1.63. The number of aromatic nitrogens is 5. The minimum atomic E-state index is 0.481. The van der Waals surface area contributed by atoms with Crippen molar-refractivity contribution in [1.82, 2.24) is 24.9 Å². The smallest absolute Gasteiger partial charge is 0.226 e. The molecule has 2 aromatic heterocycles. The lowest BCUT2D eigenvalue weighted by atomic mass is 10.1. The monoisotopic (exact) mass is 405 g/mol. The van der Waals surface area contributed by atoms with Gasteiger partial charge in [-0.25, -0.2) is 0 Å². The molecule has 2 heterocycles. The predicted molar refractivity (Wildman–Crippen MR) is 114 cm³/mol. The topological polar surface area (TPSA) is 69.6 Å². The highest BCUT2D eigenvalue weighted by Gasteiger charge is 2.17. The van der Waals surface area contributed by atoms with E-state index in [4.69, 9.17) is 4.52 Å². The Kier molecular flexibility index (Phi) is 5.76. The van der Waals surface area contributed by atoms with Crippen molar-refractivity contribution in [2.24, 2.45) is 5.92 Å². The quantitative estimate of drug-likeness (QED) is 0.398. The third-order valence-corrected chi connectivity index (χ3v) is 5.31. The van der Waals surface area contributed by atoms with E-state index in [1.807, 2.05) is 30.3 Å². The van der Waals surface area contributed by atoms with Crippen LogP contribution in [0.4, 0.5) is 0 Å². The van der Waals surface area contributed by atoms with E-state index in [0.717, 1.165) is 28.7 Å². The van der Waals surface area contributed by atoms with Crippen molar-refractivity contribution < 1.29 is 4.52 Å². The summed E-state index contributed by atoms with van der Waals surface area (Å²) in [5, 5.41) is 13.8. The van der Waals surface area contributed by atoms with Crippen molar-refractivity contribution in [3.05, 3.63) is 71.9 Å². The number of hydrogen-bond donors (Lipinski definition) is 0. The first kappa shape index (κ1) is 19.4. The van der Waals surface area contributed by atoms with Crippen molar-refractivity contribution in [1.29, 1.82) is 0 Å². The van der Waals surface area contributed by atoms with Crippen LogP contribution >= 0.6 is 11.8 Å². The number of benzene rings is 2. The van der Waals surface area contributed by atoms with E-state index in [1.54, 1.807) is 11.8 Å². The lowest BCUT2D eigenvalue weighted by molar-refractivity contribution is 0.360. The highest BCUT2D eigenvalue weighted by atomic mass is 32.2. The molecule has 0 radical (unpaired) electrons. The summed E-state index contributed by atoms with van der Waals surface area (Å²) in [7, 11) is 0. The third kappa shape index (κ3) is 4.56. The Labute approximate surface area is 174 Å². The van der Waals surface area contributed by atoms with Gasteiger partial charge in [-0.3, -0.25) is 4.57 Å². The van der Waals surface area contributed by atoms with Gasteiger partial charge in [0.05, 0.1) is 5.75 Å². The van der Waals surface area contributed by atoms with E-state index >= 15 is 0 Å². The van der Waals surface area contributed by atoms with Crippen molar-refractivity contribution in [2.45, 2.75) is 38.1 Å². The molecular formula is C22H23N5OS. The Hall–Kier alpha value is -2.93. The molecular weight excluding hydrogens is 382 g/mol. The van der Waals surface area contributed by atoms with Crippen molar-refractivity contribution in [3.63, 3.8) is 0 Å². The molecule has 0 aliphatic heterocycles. The number of thioether (sulfide) groups is 1. The molecule has 0 saturated heterocycles. The zero-order valence-electron chi connectivity index (χ0n) is 16.7. The SMILES string of the molecule is Cc1ccc(-n2c(SCc3noc(CC(C)C)n3)nnc2-c2ccccc2)cc1.